The summed E-state index contributed by atoms with van der Waals surface area (Å²) in [7, 11) is 3.33. The number of halogens is 1. The third kappa shape index (κ3) is 6.80. The van der Waals surface area contributed by atoms with Crippen molar-refractivity contribution in [2.75, 3.05) is 40.4 Å². The molecule has 0 saturated carbocycles. The van der Waals surface area contributed by atoms with Gasteiger partial charge in [-0.25, -0.2) is 0 Å². The monoisotopic (exact) mass is 543 g/mol. The van der Waals surface area contributed by atoms with E-state index in [4.69, 9.17) is 9.47 Å². The molecule has 2 fully saturated rings. The minimum atomic E-state index is -0.225. The summed E-state index contributed by atoms with van der Waals surface area (Å²) in [6.45, 7) is 7.97. The summed E-state index contributed by atoms with van der Waals surface area (Å²) in [6, 6.07) is 15.8. The number of ether oxygens (including phenoxy) is 2. The predicted octanol–water partition coefficient (Wildman–Crippen LogP) is 4.84. The van der Waals surface area contributed by atoms with Crippen molar-refractivity contribution >= 4 is 24.2 Å². The molecule has 2 aliphatic heterocycles. The second-order valence-corrected chi connectivity index (χ2v) is 10.7. The number of hydrogen-bond acceptors (Lipinski definition) is 5. The molecule has 1 atom stereocenters. The van der Waals surface area contributed by atoms with Crippen LogP contribution in [0.4, 0.5) is 0 Å². The van der Waals surface area contributed by atoms with Crippen LogP contribution >= 0.6 is 12.4 Å². The second kappa shape index (κ2) is 13.3. The lowest BCUT2D eigenvalue weighted by Crippen LogP contribution is -2.45. The van der Waals surface area contributed by atoms with Gasteiger partial charge >= 0.3 is 0 Å². The van der Waals surface area contributed by atoms with Gasteiger partial charge < -0.3 is 24.6 Å². The van der Waals surface area contributed by atoms with Crippen LogP contribution < -0.4 is 14.8 Å². The smallest absolute Gasteiger partial charge is 0.229 e. The van der Waals surface area contributed by atoms with Crippen LogP contribution in [0.3, 0.4) is 0 Å². The number of likely N-dealkylation sites (tertiary alicyclic amines) is 2. The molecule has 8 heteroatoms. The molecule has 2 aromatic rings. The zero-order chi connectivity index (χ0) is 26.4. The van der Waals surface area contributed by atoms with Crippen molar-refractivity contribution in [1.82, 2.24) is 15.1 Å². The molecule has 0 bridgehead atoms. The lowest BCUT2D eigenvalue weighted by atomic mass is 9.77. The van der Waals surface area contributed by atoms with Crippen LogP contribution in [0.5, 0.6) is 11.5 Å². The van der Waals surface area contributed by atoms with Crippen LogP contribution in [-0.4, -0.2) is 62.0 Å². The molecule has 2 amide bonds. The molecule has 38 heavy (non-hydrogen) atoms. The minimum Gasteiger partial charge on any atom is -0.497 e. The number of benzene rings is 2. The maximum absolute atomic E-state index is 13.4. The molecule has 208 valence electrons. The Morgan fingerprint density at radius 2 is 1.63 bits per heavy atom. The van der Waals surface area contributed by atoms with E-state index in [1.54, 1.807) is 14.2 Å². The zero-order valence-corrected chi connectivity index (χ0v) is 23.9. The van der Waals surface area contributed by atoms with E-state index >= 15 is 0 Å². The van der Waals surface area contributed by atoms with Crippen LogP contribution in [0.1, 0.15) is 56.7 Å². The van der Waals surface area contributed by atoms with Crippen molar-refractivity contribution < 1.29 is 19.1 Å². The van der Waals surface area contributed by atoms with Crippen molar-refractivity contribution in [3.05, 3.63) is 59.7 Å². The molecule has 2 heterocycles. The topological polar surface area (TPSA) is 71.1 Å². The van der Waals surface area contributed by atoms with Gasteiger partial charge in [0.15, 0.2) is 0 Å². The fourth-order valence-electron chi connectivity index (χ4n) is 5.57. The Morgan fingerprint density at radius 1 is 0.974 bits per heavy atom. The van der Waals surface area contributed by atoms with E-state index in [1.807, 2.05) is 67.3 Å². The third-order valence-corrected chi connectivity index (χ3v) is 8.04. The molecule has 2 aromatic carbocycles. The zero-order valence-electron chi connectivity index (χ0n) is 23.1. The fraction of sp³-hybridized carbons (Fsp3) is 0.533. The van der Waals surface area contributed by atoms with Gasteiger partial charge in [0.05, 0.1) is 25.7 Å². The number of para-hydroxylation sites is 1. The highest BCUT2D eigenvalue weighted by molar-refractivity contribution is 5.85. The molecular formula is C30H42ClN3O4. The Bertz CT molecular complexity index is 1070. The first-order valence-electron chi connectivity index (χ1n) is 13.4. The average Bonchev–Trinajstić information content (AvgIpc) is 3.21. The molecule has 2 saturated heterocycles. The molecule has 0 radical (unpaired) electrons. The van der Waals surface area contributed by atoms with Gasteiger partial charge in [0.2, 0.25) is 11.8 Å². The molecular weight excluding hydrogens is 502 g/mol. The standard InChI is InChI=1S/C30H41N3O4.ClH/c1-22(2)28(34)31-26(25-7-5-6-8-27(25)37-4)13-17-32-18-14-30(15-19-32)16-20-33(29(30)35)21-23-9-11-24(36-3)12-10-23;/h5-12,22,26H,13-21H2,1-4H3,(H,31,34);1H. The van der Waals surface area contributed by atoms with Gasteiger partial charge in [0.25, 0.3) is 0 Å². The fourth-order valence-corrected chi connectivity index (χ4v) is 5.57. The van der Waals surface area contributed by atoms with Crippen molar-refractivity contribution in [3.8, 4) is 11.5 Å². The van der Waals surface area contributed by atoms with E-state index in [0.717, 1.165) is 74.5 Å². The first kappa shape index (κ1) is 29.8. The maximum atomic E-state index is 13.4. The number of rotatable bonds is 10. The van der Waals surface area contributed by atoms with Gasteiger partial charge in [0.1, 0.15) is 11.5 Å². The number of carbonyl (C=O) groups is 2. The first-order chi connectivity index (χ1) is 17.8. The molecule has 4 rings (SSSR count). The van der Waals surface area contributed by atoms with Gasteiger partial charge in [-0.15, -0.1) is 12.4 Å². The number of nitrogens with zero attached hydrogens (tertiary/aromatic N) is 2. The van der Waals surface area contributed by atoms with E-state index in [-0.39, 0.29) is 35.7 Å². The highest BCUT2D eigenvalue weighted by Crippen LogP contribution is 2.42. The number of carbonyl (C=O) groups excluding carboxylic acids is 2. The number of hydrogen-bond donors (Lipinski definition) is 1. The average molecular weight is 544 g/mol. The lowest BCUT2D eigenvalue weighted by molar-refractivity contribution is -0.139. The van der Waals surface area contributed by atoms with Gasteiger partial charge in [-0.3, -0.25) is 9.59 Å². The summed E-state index contributed by atoms with van der Waals surface area (Å²) in [5, 5.41) is 3.22. The van der Waals surface area contributed by atoms with E-state index in [0.29, 0.717) is 12.5 Å². The summed E-state index contributed by atoms with van der Waals surface area (Å²) in [5.41, 5.74) is 1.92. The normalized spacial score (nSPS) is 17.8. The molecule has 1 unspecified atom stereocenters. The molecule has 0 aliphatic carbocycles. The molecule has 1 N–H and O–H groups in total. The summed E-state index contributed by atoms with van der Waals surface area (Å²) >= 11 is 0. The second-order valence-electron chi connectivity index (χ2n) is 10.7. The van der Waals surface area contributed by atoms with Crippen molar-refractivity contribution in [2.45, 2.75) is 52.1 Å². The SMILES string of the molecule is COc1ccc(CN2CCC3(CCN(CCC(NC(=O)C(C)C)c4ccccc4OC)CC3)C2=O)cc1.Cl. The van der Waals surface area contributed by atoms with Crippen molar-refractivity contribution in [3.63, 3.8) is 0 Å². The van der Waals surface area contributed by atoms with E-state index in [2.05, 4.69) is 10.2 Å². The highest BCUT2D eigenvalue weighted by Gasteiger charge is 2.47. The highest BCUT2D eigenvalue weighted by atomic mass is 35.5. The van der Waals surface area contributed by atoms with Crippen LogP contribution in [0.2, 0.25) is 0 Å². The number of nitrogens with one attached hydrogen (secondary N) is 1. The predicted molar refractivity (Wildman–Crippen MR) is 152 cm³/mol. The third-order valence-electron chi connectivity index (χ3n) is 8.04. The Labute approximate surface area is 233 Å². The largest absolute Gasteiger partial charge is 0.497 e. The summed E-state index contributed by atoms with van der Waals surface area (Å²) < 4.78 is 10.8. The quantitative estimate of drug-likeness (QED) is 0.464. The maximum Gasteiger partial charge on any atom is 0.229 e. The summed E-state index contributed by atoms with van der Waals surface area (Å²) in [4.78, 5) is 30.5. The van der Waals surface area contributed by atoms with E-state index in [9.17, 15) is 9.59 Å². The van der Waals surface area contributed by atoms with Crippen LogP contribution in [0.25, 0.3) is 0 Å². The lowest BCUT2D eigenvalue weighted by Gasteiger charge is -2.38. The van der Waals surface area contributed by atoms with Crippen LogP contribution in [0, 0.1) is 11.3 Å². The molecule has 7 nitrogen and oxygen atoms in total. The van der Waals surface area contributed by atoms with Crippen LogP contribution in [-0.2, 0) is 16.1 Å². The van der Waals surface area contributed by atoms with Crippen molar-refractivity contribution in [2.24, 2.45) is 11.3 Å². The Morgan fingerprint density at radius 3 is 2.26 bits per heavy atom. The van der Waals surface area contributed by atoms with Gasteiger partial charge in [-0.2, -0.15) is 0 Å². The van der Waals surface area contributed by atoms with Gasteiger partial charge in [-0.1, -0.05) is 44.2 Å². The van der Waals surface area contributed by atoms with E-state index in [1.165, 1.54) is 0 Å². The van der Waals surface area contributed by atoms with Gasteiger partial charge in [0, 0.05) is 31.1 Å². The Balaban J connectivity index is 0.00000400. The van der Waals surface area contributed by atoms with Crippen LogP contribution in [0.15, 0.2) is 48.5 Å². The first-order valence-corrected chi connectivity index (χ1v) is 13.4. The summed E-state index contributed by atoms with van der Waals surface area (Å²) in [5.74, 6) is 1.89. The minimum absolute atomic E-state index is 0. The number of piperidine rings is 1. The molecule has 1 spiro atoms. The Hall–Kier alpha value is -2.77. The number of amides is 2. The molecule has 0 aromatic heterocycles. The molecule has 2 aliphatic rings. The number of methoxy groups -OCH3 is 2. The summed E-state index contributed by atoms with van der Waals surface area (Å²) in [6.07, 6.45) is 3.51. The Kier molecular flexibility index (Phi) is 10.5. The van der Waals surface area contributed by atoms with Gasteiger partial charge in [-0.05, 0) is 62.5 Å². The van der Waals surface area contributed by atoms with E-state index < -0.39 is 0 Å². The van der Waals surface area contributed by atoms with Crippen molar-refractivity contribution in [1.29, 1.82) is 0 Å².